The Labute approximate surface area is 260 Å². The largest absolute Gasteiger partial charge is 0.311 e. The topological polar surface area (TPSA) is 35.1 Å². The number of para-hydroxylation sites is 2. The summed E-state index contributed by atoms with van der Waals surface area (Å²) in [5.74, 6) is 0.660. The molecule has 0 spiro atoms. The van der Waals surface area contributed by atoms with Gasteiger partial charge in [0.1, 0.15) is 0 Å². The van der Waals surface area contributed by atoms with E-state index in [-0.39, 0.29) is 0 Å². The molecule has 5 aromatic carbocycles. The van der Waals surface area contributed by atoms with E-state index in [9.17, 15) is 0 Å². The number of rotatable bonds is 4. The van der Waals surface area contributed by atoms with Gasteiger partial charge in [-0.05, 0) is 42.3 Å². The third-order valence-corrected chi connectivity index (χ3v) is 8.87. The van der Waals surface area contributed by atoms with Crippen molar-refractivity contribution >= 4 is 38.2 Å². The Morgan fingerprint density at radius 3 is 1.84 bits per heavy atom. The number of fused-ring (bicyclic) bond motifs is 6. The predicted molar refractivity (Wildman–Crippen MR) is 186 cm³/mol. The highest BCUT2D eigenvalue weighted by molar-refractivity contribution is 6.21. The van der Waals surface area contributed by atoms with Crippen molar-refractivity contribution in [2.75, 3.05) is 0 Å². The molecule has 4 nitrogen and oxygen atoms in total. The molecule has 4 heterocycles. The summed E-state index contributed by atoms with van der Waals surface area (Å²) in [5.41, 5.74) is 12.1. The van der Waals surface area contributed by atoms with Gasteiger partial charge in [-0.25, -0.2) is 9.97 Å². The van der Waals surface area contributed by atoms with Crippen molar-refractivity contribution in [2.45, 2.75) is 6.92 Å². The molecule has 0 radical (unpaired) electrons. The van der Waals surface area contributed by atoms with Crippen LogP contribution >= 0.6 is 0 Å². The number of benzene rings is 5. The van der Waals surface area contributed by atoms with E-state index in [0.29, 0.717) is 5.95 Å². The molecule has 9 aromatic rings. The second-order valence-corrected chi connectivity index (χ2v) is 11.5. The zero-order chi connectivity index (χ0) is 29.9. The van der Waals surface area contributed by atoms with Crippen molar-refractivity contribution in [2.24, 2.45) is 0 Å². The molecule has 0 saturated carbocycles. The first-order chi connectivity index (χ1) is 22.3. The smallest absolute Gasteiger partial charge is 0.235 e. The quantitative estimate of drug-likeness (QED) is 0.209. The Hall–Kier alpha value is -6.00. The summed E-state index contributed by atoms with van der Waals surface area (Å²) in [6, 6.07) is 53.4. The lowest BCUT2D eigenvalue weighted by atomic mass is 10.0. The molecule has 0 atom stereocenters. The van der Waals surface area contributed by atoms with Crippen LogP contribution in [0, 0.1) is 6.92 Å². The van der Waals surface area contributed by atoms with E-state index in [1.54, 1.807) is 0 Å². The zero-order valence-electron chi connectivity index (χ0n) is 24.7. The van der Waals surface area contributed by atoms with E-state index in [0.717, 1.165) is 44.5 Å². The number of nitrogens with zero attached hydrogens (tertiary/aromatic N) is 4. The molecule has 212 valence electrons. The third kappa shape index (κ3) is 3.93. The fourth-order valence-electron chi connectivity index (χ4n) is 6.84. The van der Waals surface area contributed by atoms with Crippen LogP contribution in [0.2, 0.25) is 0 Å². The molecule has 0 aliphatic heterocycles. The lowest BCUT2D eigenvalue weighted by molar-refractivity contribution is 1.01. The second kappa shape index (κ2) is 10.0. The fraction of sp³-hybridized carbons (Fsp3) is 0.0244. The molecule has 0 aliphatic rings. The van der Waals surface area contributed by atoms with Gasteiger partial charge in [0.05, 0.1) is 33.5 Å². The SMILES string of the molecule is Cc1cccc2c3c4ccccc4n(-c4nc(-c5ccc(-c6ccccc6)cc5)c5ccccc5n4)c3c(-c3ccccc3)n12. The summed E-state index contributed by atoms with van der Waals surface area (Å²) >= 11 is 0. The monoisotopic (exact) mass is 576 g/mol. The van der Waals surface area contributed by atoms with Gasteiger partial charge < -0.3 is 4.40 Å². The minimum Gasteiger partial charge on any atom is -0.311 e. The van der Waals surface area contributed by atoms with Gasteiger partial charge in [0.2, 0.25) is 5.95 Å². The molecule has 45 heavy (non-hydrogen) atoms. The van der Waals surface area contributed by atoms with Gasteiger partial charge in [0.25, 0.3) is 0 Å². The molecular formula is C41H28N4. The molecule has 0 amide bonds. The first-order valence-electron chi connectivity index (χ1n) is 15.3. The van der Waals surface area contributed by atoms with Gasteiger partial charge in [-0.2, -0.15) is 0 Å². The molecule has 0 aliphatic carbocycles. The van der Waals surface area contributed by atoms with Gasteiger partial charge in [-0.15, -0.1) is 0 Å². The number of hydrogen-bond acceptors (Lipinski definition) is 2. The predicted octanol–water partition coefficient (Wildman–Crippen LogP) is 10.3. The molecule has 4 aromatic heterocycles. The minimum absolute atomic E-state index is 0.660. The van der Waals surface area contributed by atoms with Crippen LogP contribution in [-0.4, -0.2) is 18.9 Å². The first-order valence-corrected chi connectivity index (χ1v) is 15.3. The molecular weight excluding hydrogens is 548 g/mol. The molecule has 4 heteroatoms. The lowest BCUT2D eigenvalue weighted by Gasteiger charge is -2.14. The fourth-order valence-corrected chi connectivity index (χ4v) is 6.84. The third-order valence-electron chi connectivity index (χ3n) is 8.87. The van der Waals surface area contributed by atoms with Crippen molar-refractivity contribution in [3.05, 3.63) is 157 Å². The highest BCUT2D eigenvalue weighted by atomic mass is 15.2. The first kappa shape index (κ1) is 25.5. The summed E-state index contributed by atoms with van der Waals surface area (Å²) in [5, 5.41) is 3.42. The molecule has 0 N–H and O–H groups in total. The Bertz CT molecular complexity index is 2520. The van der Waals surface area contributed by atoms with Crippen molar-refractivity contribution in [1.82, 2.24) is 18.9 Å². The van der Waals surface area contributed by atoms with Gasteiger partial charge >= 0.3 is 0 Å². The normalized spacial score (nSPS) is 11.7. The lowest BCUT2D eigenvalue weighted by Crippen LogP contribution is -2.04. The average Bonchev–Trinajstić information content (AvgIpc) is 3.62. The summed E-state index contributed by atoms with van der Waals surface area (Å²) in [4.78, 5) is 10.6. The summed E-state index contributed by atoms with van der Waals surface area (Å²) in [7, 11) is 0. The van der Waals surface area contributed by atoms with Crippen LogP contribution in [0.1, 0.15) is 5.69 Å². The van der Waals surface area contributed by atoms with E-state index < -0.39 is 0 Å². The Kier molecular flexibility index (Phi) is 5.69. The minimum atomic E-state index is 0.660. The molecule has 0 bridgehead atoms. The van der Waals surface area contributed by atoms with Crippen molar-refractivity contribution in [3.63, 3.8) is 0 Å². The van der Waals surface area contributed by atoms with Crippen LogP contribution in [-0.2, 0) is 0 Å². The number of aromatic nitrogens is 4. The van der Waals surface area contributed by atoms with Gasteiger partial charge in [-0.3, -0.25) is 4.57 Å². The number of pyridine rings is 1. The Morgan fingerprint density at radius 2 is 1.07 bits per heavy atom. The van der Waals surface area contributed by atoms with Crippen LogP contribution in [0.4, 0.5) is 0 Å². The average molecular weight is 577 g/mol. The van der Waals surface area contributed by atoms with Crippen molar-refractivity contribution in [3.8, 4) is 39.6 Å². The summed E-state index contributed by atoms with van der Waals surface area (Å²) < 4.78 is 4.65. The van der Waals surface area contributed by atoms with E-state index in [1.807, 2.05) is 6.07 Å². The van der Waals surface area contributed by atoms with Crippen molar-refractivity contribution in [1.29, 1.82) is 0 Å². The van der Waals surface area contributed by atoms with E-state index in [1.165, 1.54) is 33.1 Å². The van der Waals surface area contributed by atoms with Crippen LogP contribution in [0.15, 0.2) is 152 Å². The molecule has 0 saturated heterocycles. The maximum Gasteiger partial charge on any atom is 0.235 e. The van der Waals surface area contributed by atoms with E-state index in [2.05, 4.69) is 161 Å². The maximum absolute atomic E-state index is 5.39. The van der Waals surface area contributed by atoms with Gasteiger partial charge in [-0.1, -0.05) is 127 Å². The highest BCUT2D eigenvalue weighted by Gasteiger charge is 2.25. The highest BCUT2D eigenvalue weighted by Crippen LogP contribution is 2.43. The van der Waals surface area contributed by atoms with Gasteiger partial charge in [0.15, 0.2) is 0 Å². The van der Waals surface area contributed by atoms with Crippen LogP contribution in [0.3, 0.4) is 0 Å². The molecule has 0 unspecified atom stereocenters. The maximum atomic E-state index is 5.39. The van der Waals surface area contributed by atoms with Crippen LogP contribution < -0.4 is 0 Å². The van der Waals surface area contributed by atoms with E-state index >= 15 is 0 Å². The molecule has 0 fully saturated rings. The van der Waals surface area contributed by atoms with Gasteiger partial charge in [0, 0.05) is 33.0 Å². The Balaban J connectivity index is 1.38. The van der Waals surface area contributed by atoms with Crippen LogP contribution in [0.25, 0.3) is 77.8 Å². The zero-order valence-corrected chi connectivity index (χ0v) is 24.7. The number of aryl methyl sites for hydroxylation is 1. The number of hydrogen-bond donors (Lipinski definition) is 0. The van der Waals surface area contributed by atoms with E-state index in [4.69, 9.17) is 9.97 Å². The Morgan fingerprint density at radius 1 is 0.467 bits per heavy atom. The van der Waals surface area contributed by atoms with Crippen LogP contribution in [0.5, 0.6) is 0 Å². The standard InChI is InChI=1S/C41H28N4/c1-27-13-12-22-36-37-33-19-9-11-21-35(33)45(40(37)39(44(27)36)31-16-6-3-7-17-31)41-42-34-20-10-8-18-32(34)38(43-41)30-25-23-29(24-26-30)28-14-4-2-5-15-28/h2-26H,1H3. The summed E-state index contributed by atoms with van der Waals surface area (Å²) in [6.07, 6.45) is 0. The van der Waals surface area contributed by atoms with Crippen molar-refractivity contribution < 1.29 is 0 Å². The second-order valence-electron chi connectivity index (χ2n) is 11.5. The summed E-state index contributed by atoms with van der Waals surface area (Å²) in [6.45, 7) is 2.18. The molecule has 9 rings (SSSR count).